The molecule has 1 saturated heterocycles. The van der Waals surface area contributed by atoms with Gasteiger partial charge in [-0.25, -0.2) is 9.37 Å². The summed E-state index contributed by atoms with van der Waals surface area (Å²) in [6, 6.07) is 13.0. The Morgan fingerprint density at radius 1 is 1.00 bits per heavy atom. The van der Waals surface area contributed by atoms with E-state index in [2.05, 4.69) is 53.3 Å². The van der Waals surface area contributed by atoms with E-state index in [1.165, 1.54) is 17.7 Å². The predicted molar refractivity (Wildman–Crippen MR) is 126 cm³/mol. The van der Waals surface area contributed by atoms with E-state index < -0.39 is 0 Å². The number of pyridine rings is 1. The molecular formula is C23H27FN6S. The van der Waals surface area contributed by atoms with Gasteiger partial charge in [-0.3, -0.25) is 4.99 Å². The van der Waals surface area contributed by atoms with E-state index in [1.807, 2.05) is 24.4 Å². The van der Waals surface area contributed by atoms with E-state index in [1.54, 1.807) is 18.4 Å². The lowest BCUT2D eigenvalue weighted by Crippen LogP contribution is -2.46. The first-order valence-corrected chi connectivity index (χ1v) is 11.3. The fourth-order valence-electron chi connectivity index (χ4n) is 3.57. The van der Waals surface area contributed by atoms with Crippen molar-refractivity contribution < 1.29 is 4.39 Å². The van der Waals surface area contributed by atoms with Gasteiger partial charge in [-0.1, -0.05) is 0 Å². The van der Waals surface area contributed by atoms with Gasteiger partial charge in [-0.15, -0.1) is 0 Å². The SMILES string of the molecule is CN=C(NCc1ccsc1)NCc1ccnc(N2CCN(c3ccc(F)cc3)CC2)c1. The zero-order chi connectivity index (χ0) is 21.5. The Morgan fingerprint density at radius 2 is 1.71 bits per heavy atom. The molecule has 0 aliphatic carbocycles. The van der Waals surface area contributed by atoms with Crippen molar-refractivity contribution in [2.24, 2.45) is 4.99 Å². The molecule has 0 amide bonds. The standard InChI is InChI=1S/C23H27FN6S/c1-25-23(28-16-19-7-13-31-17-19)27-15-18-6-8-26-22(14-18)30-11-9-29(10-12-30)21-4-2-20(24)3-5-21/h2-8,13-14,17H,9-12,15-16H2,1H3,(H2,25,27,28). The third-order valence-electron chi connectivity index (χ3n) is 5.33. The quantitative estimate of drug-likeness (QED) is 0.456. The number of rotatable bonds is 6. The van der Waals surface area contributed by atoms with E-state index in [0.717, 1.165) is 55.8 Å². The number of nitrogens with zero attached hydrogens (tertiary/aromatic N) is 4. The van der Waals surface area contributed by atoms with Crippen LogP contribution in [-0.2, 0) is 13.1 Å². The largest absolute Gasteiger partial charge is 0.368 e. The van der Waals surface area contributed by atoms with Crippen LogP contribution in [0, 0.1) is 5.82 Å². The first kappa shape index (κ1) is 21.1. The summed E-state index contributed by atoms with van der Waals surface area (Å²) in [4.78, 5) is 13.5. The second-order valence-electron chi connectivity index (χ2n) is 7.38. The van der Waals surface area contributed by atoms with Crippen LogP contribution in [0.15, 0.2) is 64.4 Å². The van der Waals surface area contributed by atoms with E-state index in [9.17, 15) is 4.39 Å². The molecule has 2 N–H and O–H groups in total. The molecule has 0 saturated carbocycles. The fraction of sp³-hybridized carbons (Fsp3) is 0.304. The van der Waals surface area contributed by atoms with Crippen molar-refractivity contribution >= 4 is 28.8 Å². The van der Waals surface area contributed by atoms with E-state index in [-0.39, 0.29) is 5.82 Å². The topological polar surface area (TPSA) is 55.8 Å². The minimum Gasteiger partial charge on any atom is -0.368 e. The molecule has 2 aromatic heterocycles. The summed E-state index contributed by atoms with van der Waals surface area (Å²) in [7, 11) is 1.78. The maximum atomic E-state index is 13.2. The van der Waals surface area contributed by atoms with E-state index in [0.29, 0.717) is 6.54 Å². The summed E-state index contributed by atoms with van der Waals surface area (Å²) in [6.45, 7) is 4.96. The number of hydrogen-bond donors (Lipinski definition) is 2. The highest BCUT2D eigenvalue weighted by Crippen LogP contribution is 2.20. The third kappa shape index (κ3) is 5.73. The first-order valence-electron chi connectivity index (χ1n) is 10.4. The Bertz CT molecular complexity index is 982. The molecule has 31 heavy (non-hydrogen) atoms. The average molecular weight is 439 g/mol. The number of piperazine rings is 1. The highest BCUT2D eigenvalue weighted by atomic mass is 32.1. The van der Waals surface area contributed by atoms with Crippen molar-refractivity contribution in [2.45, 2.75) is 13.1 Å². The molecule has 4 rings (SSSR count). The molecule has 0 spiro atoms. The van der Waals surface area contributed by atoms with Crippen molar-refractivity contribution in [3.8, 4) is 0 Å². The maximum absolute atomic E-state index is 13.2. The lowest BCUT2D eigenvalue weighted by molar-refractivity contribution is 0.624. The molecule has 0 bridgehead atoms. The number of hydrogen-bond acceptors (Lipinski definition) is 5. The summed E-state index contributed by atoms with van der Waals surface area (Å²) < 4.78 is 13.2. The highest BCUT2D eigenvalue weighted by Gasteiger charge is 2.18. The van der Waals surface area contributed by atoms with Crippen molar-refractivity contribution in [1.29, 1.82) is 0 Å². The highest BCUT2D eigenvalue weighted by molar-refractivity contribution is 7.07. The van der Waals surface area contributed by atoms with Crippen LogP contribution >= 0.6 is 11.3 Å². The van der Waals surface area contributed by atoms with Crippen LogP contribution in [0.5, 0.6) is 0 Å². The summed E-state index contributed by atoms with van der Waals surface area (Å²) in [5, 5.41) is 10.9. The van der Waals surface area contributed by atoms with Crippen LogP contribution in [0.3, 0.4) is 0 Å². The summed E-state index contributed by atoms with van der Waals surface area (Å²) in [5.74, 6) is 1.56. The number of thiophene rings is 1. The first-order chi connectivity index (χ1) is 15.2. The maximum Gasteiger partial charge on any atom is 0.191 e. The molecule has 1 aliphatic heterocycles. The Kier molecular flexibility index (Phi) is 6.99. The molecule has 8 heteroatoms. The van der Waals surface area contributed by atoms with Gasteiger partial charge in [0.1, 0.15) is 11.6 Å². The number of aromatic nitrogens is 1. The molecule has 6 nitrogen and oxygen atoms in total. The van der Waals surface area contributed by atoms with Crippen LogP contribution in [-0.4, -0.2) is 44.2 Å². The molecule has 1 aliphatic rings. The molecular weight excluding hydrogens is 411 g/mol. The monoisotopic (exact) mass is 438 g/mol. The zero-order valence-corrected chi connectivity index (χ0v) is 18.4. The minimum absolute atomic E-state index is 0.199. The summed E-state index contributed by atoms with van der Waals surface area (Å²) in [5.41, 5.74) is 3.47. The number of aliphatic imine (C=N–C) groups is 1. The lowest BCUT2D eigenvalue weighted by Gasteiger charge is -2.36. The smallest absolute Gasteiger partial charge is 0.191 e. The number of halogens is 1. The Morgan fingerprint density at radius 3 is 2.39 bits per heavy atom. The van der Waals surface area contributed by atoms with Crippen LogP contribution in [0.1, 0.15) is 11.1 Å². The molecule has 162 valence electrons. The molecule has 1 aromatic carbocycles. The summed E-state index contributed by atoms with van der Waals surface area (Å²) >= 11 is 1.69. The van der Waals surface area contributed by atoms with Crippen molar-refractivity contribution in [1.82, 2.24) is 15.6 Å². The molecule has 3 aromatic rings. The van der Waals surface area contributed by atoms with Crippen LogP contribution in [0.2, 0.25) is 0 Å². The number of nitrogens with one attached hydrogen (secondary N) is 2. The van der Waals surface area contributed by atoms with Crippen molar-refractivity contribution in [2.75, 3.05) is 43.0 Å². The second kappa shape index (κ2) is 10.3. The van der Waals surface area contributed by atoms with Gasteiger partial charge in [0.05, 0.1) is 0 Å². The third-order valence-corrected chi connectivity index (χ3v) is 6.06. The fourth-order valence-corrected chi connectivity index (χ4v) is 4.24. The van der Waals surface area contributed by atoms with Gasteiger partial charge in [-0.05, 0) is 64.4 Å². The van der Waals surface area contributed by atoms with Gasteiger partial charge in [0.15, 0.2) is 5.96 Å². The van der Waals surface area contributed by atoms with Crippen molar-refractivity contribution in [3.05, 3.63) is 76.4 Å². The van der Waals surface area contributed by atoms with Crippen LogP contribution < -0.4 is 20.4 Å². The van der Waals surface area contributed by atoms with Crippen molar-refractivity contribution in [3.63, 3.8) is 0 Å². The zero-order valence-electron chi connectivity index (χ0n) is 17.6. The van der Waals surface area contributed by atoms with Gasteiger partial charge in [0.25, 0.3) is 0 Å². The molecule has 1 fully saturated rings. The molecule has 0 atom stereocenters. The summed E-state index contributed by atoms with van der Waals surface area (Å²) in [6.07, 6.45) is 1.86. The van der Waals surface area contributed by atoms with Gasteiger partial charge in [-0.2, -0.15) is 11.3 Å². The molecule has 0 unspecified atom stereocenters. The Labute approximate surface area is 186 Å². The van der Waals surface area contributed by atoms with Gasteiger partial charge < -0.3 is 20.4 Å². The normalized spacial score (nSPS) is 14.6. The van der Waals surface area contributed by atoms with E-state index in [4.69, 9.17) is 0 Å². The van der Waals surface area contributed by atoms with Gasteiger partial charge in [0.2, 0.25) is 0 Å². The average Bonchev–Trinajstić information content (AvgIpc) is 3.34. The van der Waals surface area contributed by atoms with Crippen LogP contribution in [0.4, 0.5) is 15.9 Å². The van der Waals surface area contributed by atoms with E-state index >= 15 is 0 Å². The number of anilines is 2. The minimum atomic E-state index is -0.199. The lowest BCUT2D eigenvalue weighted by atomic mass is 10.2. The number of guanidine groups is 1. The van der Waals surface area contributed by atoms with Gasteiger partial charge in [0, 0.05) is 58.2 Å². The van der Waals surface area contributed by atoms with Crippen LogP contribution in [0.25, 0.3) is 0 Å². The Balaban J connectivity index is 1.29. The Hall–Kier alpha value is -3.13. The molecule has 3 heterocycles. The molecule has 0 radical (unpaired) electrons. The van der Waals surface area contributed by atoms with Gasteiger partial charge >= 0.3 is 0 Å². The second-order valence-corrected chi connectivity index (χ2v) is 8.16. The number of benzene rings is 1. The predicted octanol–water partition coefficient (Wildman–Crippen LogP) is 3.47.